The predicted octanol–water partition coefficient (Wildman–Crippen LogP) is 4.52. The summed E-state index contributed by atoms with van der Waals surface area (Å²) < 4.78 is 7.43. The molecule has 35 heavy (non-hydrogen) atoms. The largest absolute Gasteiger partial charge is 0.378 e. The lowest BCUT2D eigenvalue weighted by atomic mass is 10.2. The van der Waals surface area contributed by atoms with Crippen LogP contribution < -0.4 is 10.2 Å². The summed E-state index contributed by atoms with van der Waals surface area (Å²) in [5.41, 5.74) is 4.08. The Morgan fingerprint density at radius 3 is 2.74 bits per heavy atom. The molecule has 2 aromatic heterocycles. The van der Waals surface area contributed by atoms with Gasteiger partial charge in [0.15, 0.2) is 0 Å². The van der Waals surface area contributed by atoms with Crippen LogP contribution in [-0.4, -0.2) is 45.8 Å². The van der Waals surface area contributed by atoms with Gasteiger partial charge in [0.25, 0.3) is 0 Å². The molecule has 0 amide bonds. The molecule has 8 nitrogen and oxygen atoms in total. The molecule has 0 bridgehead atoms. The molecule has 1 aliphatic rings. The van der Waals surface area contributed by atoms with Crippen LogP contribution in [0.25, 0.3) is 0 Å². The van der Waals surface area contributed by atoms with E-state index in [4.69, 9.17) is 10.00 Å². The second-order valence-electron chi connectivity index (χ2n) is 8.11. The average molecular weight is 484 g/mol. The number of aromatic nitrogens is 4. The van der Waals surface area contributed by atoms with Crippen molar-refractivity contribution in [2.45, 2.75) is 22.9 Å². The molecule has 1 aliphatic heterocycles. The van der Waals surface area contributed by atoms with Gasteiger partial charge in [-0.3, -0.25) is 0 Å². The third-order valence-corrected chi connectivity index (χ3v) is 6.49. The first kappa shape index (κ1) is 22.9. The maximum Gasteiger partial charge on any atom is 0.228 e. The number of anilines is 3. The number of nitriles is 1. The minimum atomic E-state index is 0.324. The van der Waals surface area contributed by atoms with Gasteiger partial charge in [-0.05, 0) is 48.0 Å². The van der Waals surface area contributed by atoms with Gasteiger partial charge >= 0.3 is 0 Å². The van der Waals surface area contributed by atoms with Crippen molar-refractivity contribution in [2.75, 3.05) is 36.5 Å². The van der Waals surface area contributed by atoms with Crippen molar-refractivity contribution in [1.82, 2.24) is 19.5 Å². The molecular weight excluding hydrogens is 458 g/mol. The Hall–Kier alpha value is -3.87. The number of hydrogen-bond acceptors (Lipinski definition) is 8. The highest BCUT2D eigenvalue weighted by molar-refractivity contribution is 7.99. The third-order valence-electron chi connectivity index (χ3n) is 5.56. The zero-order chi connectivity index (χ0) is 23.9. The van der Waals surface area contributed by atoms with Crippen LogP contribution in [0.2, 0.25) is 0 Å². The number of hydrogen-bond donors (Lipinski definition) is 1. The molecule has 1 N–H and O–H groups in total. The highest BCUT2D eigenvalue weighted by atomic mass is 32.2. The number of nitrogens with zero attached hydrogens (tertiary/aromatic N) is 6. The Morgan fingerprint density at radius 1 is 1.06 bits per heavy atom. The Bertz CT molecular complexity index is 1310. The summed E-state index contributed by atoms with van der Waals surface area (Å²) in [5, 5.41) is 13.0. The van der Waals surface area contributed by atoms with E-state index in [1.807, 2.05) is 22.9 Å². The quantitative estimate of drug-likeness (QED) is 0.366. The first-order valence-electron chi connectivity index (χ1n) is 11.4. The number of morpholine rings is 1. The van der Waals surface area contributed by atoms with Crippen LogP contribution in [0.4, 0.5) is 17.3 Å². The Balaban J connectivity index is 1.22. The van der Waals surface area contributed by atoms with Gasteiger partial charge in [-0.25, -0.2) is 15.0 Å². The first-order valence-corrected chi connectivity index (χ1v) is 12.2. The summed E-state index contributed by atoms with van der Waals surface area (Å²) in [6, 6.07) is 20.7. The van der Waals surface area contributed by atoms with Gasteiger partial charge in [-0.1, -0.05) is 23.9 Å². The average Bonchev–Trinajstić information content (AvgIpc) is 3.32. The van der Waals surface area contributed by atoms with E-state index in [-0.39, 0.29) is 0 Å². The molecule has 0 atom stereocenters. The lowest BCUT2D eigenvalue weighted by molar-refractivity contribution is 0.122. The molecular formula is C26H25N7OS. The van der Waals surface area contributed by atoms with Gasteiger partial charge < -0.3 is 19.5 Å². The van der Waals surface area contributed by atoms with Gasteiger partial charge in [-0.2, -0.15) is 5.26 Å². The van der Waals surface area contributed by atoms with Crippen molar-refractivity contribution in [2.24, 2.45) is 0 Å². The van der Waals surface area contributed by atoms with E-state index in [9.17, 15) is 0 Å². The highest BCUT2D eigenvalue weighted by Crippen LogP contribution is 2.28. The van der Waals surface area contributed by atoms with Crippen LogP contribution in [-0.2, 0) is 17.7 Å². The lowest BCUT2D eigenvalue weighted by Crippen LogP contribution is -2.36. The lowest BCUT2D eigenvalue weighted by Gasteiger charge is -2.28. The van der Waals surface area contributed by atoms with Crippen molar-refractivity contribution in [1.29, 1.82) is 5.26 Å². The minimum Gasteiger partial charge on any atom is -0.378 e. The van der Waals surface area contributed by atoms with Crippen LogP contribution in [0.15, 0.2) is 83.2 Å². The predicted molar refractivity (Wildman–Crippen MR) is 136 cm³/mol. The number of nitrogens with one attached hydrogen (secondary N) is 1. The van der Waals surface area contributed by atoms with E-state index in [2.05, 4.69) is 73.7 Å². The maximum absolute atomic E-state index is 8.84. The van der Waals surface area contributed by atoms with Crippen molar-refractivity contribution in [3.8, 4) is 6.07 Å². The third kappa shape index (κ3) is 6.18. The topological polar surface area (TPSA) is 91.9 Å². The van der Waals surface area contributed by atoms with Crippen LogP contribution in [0, 0.1) is 11.3 Å². The summed E-state index contributed by atoms with van der Waals surface area (Å²) in [6.07, 6.45) is 5.78. The summed E-state index contributed by atoms with van der Waals surface area (Å²) in [6.45, 7) is 4.08. The molecule has 0 unspecified atom stereocenters. The molecule has 0 radical (unpaired) electrons. The molecule has 3 heterocycles. The fourth-order valence-electron chi connectivity index (χ4n) is 3.87. The van der Waals surface area contributed by atoms with E-state index < -0.39 is 0 Å². The van der Waals surface area contributed by atoms with E-state index in [1.54, 1.807) is 24.3 Å². The Morgan fingerprint density at radius 2 is 1.91 bits per heavy atom. The second kappa shape index (κ2) is 11.0. The Labute approximate surface area is 208 Å². The van der Waals surface area contributed by atoms with E-state index >= 15 is 0 Å². The molecule has 5 rings (SSSR count). The van der Waals surface area contributed by atoms with Crippen LogP contribution in [0.3, 0.4) is 0 Å². The maximum atomic E-state index is 8.84. The van der Waals surface area contributed by atoms with Gasteiger partial charge in [0.05, 0.1) is 37.7 Å². The van der Waals surface area contributed by atoms with Gasteiger partial charge in [0, 0.05) is 48.3 Å². The van der Waals surface area contributed by atoms with Crippen LogP contribution in [0.1, 0.15) is 11.3 Å². The molecule has 9 heteroatoms. The highest BCUT2D eigenvalue weighted by Gasteiger charge is 2.11. The van der Waals surface area contributed by atoms with Gasteiger partial charge in [0.2, 0.25) is 5.95 Å². The van der Waals surface area contributed by atoms with Crippen LogP contribution >= 0.6 is 11.8 Å². The van der Waals surface area contributed by atoms with Crippen molar-refractivity contribution in [3.63, 3.8) is 0 Å². The van der Waals surface area contributed by atoms with Crippen molar-refractivity contribution in [3.05, 3.63) is 84.6 Å². The summed E-state index contributed by atoms with van der Waals surface area (Å²) in [5.74, 6) is 0.564. The number of rotatable bonds is 8. The zero-order valence-corrected chi connectivity index (χ0v) is 20.0. The SMILES string of the molecule is N#CCc1cn(Cc2cccc(Sc3ccnc(Nc4ccc(N5CCOCC5)cc4)n3)c2)cn1. The Kier molecular flexibility index (Phi) is 7.22. The van der Waals surface area contributed by atoms with E-state index in [1.165, 1.54) is 5.69 Å². The molecule has 1 fully saturated rings. The van der Waals surface area contributed by atoms with Gasteiger partial charge in [0.1, 0.15) is 5.03 Å². The minimum absolute atomic E-state index is 0.324. The first-order chi connectivity index (χ1) is 17.2. The molecule has 176 valence electrons. The molecule has 1 saturated heterocycles. The van der Waals surface area contributed by atoms with Crippen LogP contribution in [0.5, 0.6) is 0 Å². The molecule has 4 aromatic rings. The number of imidazole rings is 1. The normalized spacial score (nSPS) is 13.4. The molecule has 2 aromatic carbocycles. The standard InChI is InChI=1S/C26H25N7OS/c27-10-8-22-18-32(19-29-22)17-20-2-1-3-24(16-20)35-25-9-11-28-26(31-25)30-21-4-6-23(7-5-21)33-12-14-34-15-13-33/h1-7,9,11,16,18-19H,8,12-15,17H2,(H,28,30,31). The number of ether oxygens (including phenoxy) is 1. The van der Waals surface area contributed by atoms with E-state index in [0.29, 0.717) is 18.9 Å². The zero-order valence-electron chi connectivity index (χ0n) is 19.2. The molecule has 0 spiro atoms. The van der Waals surface area contributed by atoms with Gasteiger partial charge in [-0.15, -0.1) is 0 Å². The van der Waals surface area contributed by atoms with E-state index in [0.717, 1.165) is 53.2 Å². The number of benzene rings is 2. The smallest absolute Gasteiger partial charge is 0.228 e. The van der Waals surface area contributed by atoms with Crippen molar-refractivity contribution < 1.29 is 4.74 Å². The second-order valence-corrected chi connectivity index (χ2v) is 9.21. The molecule has 0 aliphatic carbocycles. The molecule has 0 saturated carbocycles. The fraction of sp³-hybridized carbons (Fsp3) is 0.231. The summed E-state index contributed by atoms with van der Waals surface area (Å²) >= 11 is 1.59. The summed E-state index contributed by atoms with van der Waals surface area (Å²) in [4.78, 5) is 16.8. The summed E-state index contributed by atoms with van der Waals surface area (Å²) in [7, 11) is 0. The van der Waals surface area contributed by atoms with Crippen molar-refractivity contribution >= 4 is 29.1 Å². The fourth-order valence-corrected chi connectivity index (χ4v) is 4.73. The monoisotopic (exact) mass is 483 g/mol.